The van der Waals surface area contributed by atoms with E-state index >= 15 is 0 Å². The summed E-state index contributed by atoms with van der Waals surface area (Å²) in [5.41, 5.74) is -0.773. The molecule has 0 aromatic heterocycles. The standard InChI is InChI=1S/C20H30N4O3/c1-20(2)18(25)24(19(26)21-20)10-6-9-22-11-13-23(14-12-22)15-16-27-17-7-4-3-5-8-17/h3-5,7-8H,6,9-16H2,1-2H3,(H,21,26). The molecule has 1 aromatic rings. The number of benzene rings is 1. The zero-order valence-electron chi connectivity index (χ0n) is 16.3. The van der Waals surface area contributed by atoms with E-state index in [0.717, 1.165) is 51.4 Å². The Kier molecular flexibility index (Phi) is 6.34. The molecule has 0 bridgehead atoms. The lowest BCUT2D eigenvalue weighted by Crippen LogP contribution is -2.48. The number of amides is 3. The van der Waals surface area contributed by atoms with Crippen molar-refractivity contribution >= 4 is 11.9 Å². The summed E-state index contributed by atoms with van der Waals surface area (Å²) in [6.45, 7) is 10.6. The van der Waals surface area contributed by atoms with Gasteiger partial charge in [-0.15, -0.1) is 0 Å². The quantitative estimate of drug-likeness (QED) is 0.697. The average molecular weight is 374 g/mol. The molecule has 7 heteroatoms. The van der Waals surface area contributed by atoms with Crippen molar-refractivity contribution in [2.24, 2.45) is 0 Å². The van der Waals surface area contributed by atoms with Crippen molar-refractivity contribution in [1.82, 2.24) is 20.0 Å². The number of rotatable bonds is 8. The summed E-state index contributed by atoms with van der Waals surface area (Å²) in [6, 6.07) is 9.63. The van der Waals surface area contributed by atoms with Crippen LogP contribution in [0.15, 0.2) is 30.3 Å². The van der Waals surface area contributed by atoms with E-state index in [1.807, 2.05) is 30.3 Å². The molecule has 0 spiro atoms. The lowest BCUT2D eigenvalue weighted by Gasteiger charge is -2.34. The van der Waals surface area contributed by atoms with Crippen molar-refractivity contribution in [3.8, 4) is 5.75 Å². The maximum absolute atomic E-state index is 12.2. The molecule has 0 radical (unpaired) electrons. The summed E-state index contributed by atoms with van der Waals surface area (Å²) in [6.07, 6.45) is 0.812. The van der Waals surface area contributed by atoms with Gasteiger partial charge in [0.25, 0.3) is 5.91 Å². The minimum atomic E-state index is -0.773. The molecule has 0 saturated carbocycles. The summed E-state index contributed by atoms with van der Waals surface area (Å²) < 4.78 is 5.76. The topological polar surface area (TPSA) is 65.1 Å². The molecule has 1 aromatic carbocycles. The molecule has 3 rings (SSSR count). The molecule has 148 valence electrons. The number of urea groups is 1. The predicted octanol–water partition coefficient (Wildman–Crippen LogP) is 1.40. The van der Waals surface area contributed by atoms with Gasteiger partial charge in [-0.2, -0.15) is 0 Å². The van der Waals surface area contributed by atoms with E-state index in [9.17, 15) is 9.59 Å². The molecule has 2 heterocycles. The average Bonchev–Trinajstić information content (AvgIpc) is 2.85. The van der Waals surface area contributed by atoms with Crippen molar-refractivity contribution in [1.29, 1.82) is 0 Å². The van der Waals surface area contributed by atoms with Crippen LogP contribution in [-0.4, -0.2) is 84.6 Å². The van der Waals surface area contributed by atoms with Gasteiger partial charge in [0, 0.05) is 39.3 Å². The van der Waals surface area contributed by atoms with Crippen molar-refractivity contribution in [2.75, 3.05) is 52.4 Å². The summed E-state index contributed by atoms with van der Waals surface area (Å²) >= 11 is 0. The smallest absolute Gasteiger partial charge is 0.325 e. The van der Waals surface area contributed by atoms with E-state index in [1.54, 1.807) is 13.8 Å². The Hall–Kier alpha value is -2.12. The molecule has 7 nitrogen and oxygen atoms in total. The van der Waals surface area contributed by atoms with E-state index in [4.69, 9.17) is 4.74 Å². The Morgan fingerprint density at radius 2 is 1.59 bits per heavy atom. The first-order valence-electron chi connectivity index (χ1n) is 9.72. The number of nitrogens with zero attached hydrogens (tertiary/aromatic N) is 3. The van der Waals surface area contributed by atoms with Crippen molar-refractivity contribution in [3.63, 3.8) is 0 Å². The van der Waals surface area contributed by atoms with Crippen LogP contribution in [0.5, 0.6) is 5.75 Å². The Labute approximate surface area is 161 Å². The van der Waals surface area contributed by atoms with Crippen LogP contribution in [0.1, 0.15) is 20.3 Å². The number of nitrogens with one attached hydrogen (secondary N) is 1. The van der Waals surface area contributed by atoms with Crippen LogP contribution >= 0.6 is 0 Å². The van der Waals surface area contributed by atoms with Gasteiger partial charge in [-0.05, 0) is 38.9 Å². The molecule has 3 amide bonds. The molecule has 2 aliphatic heterocycles. The number of imide groups is 1. The fourth-order valence-electron chi connectivity index (χ4n) is 3.52. The van der Waals surface area contributed by atoms with Crippen LogP contribution in [-0.2, 0) is 4.79 Å². The van der Waals surface area contributed by atoms with E-state index in [2.05, 4.69) is 15.1 Å². The van der Waals surface area contributed by atoms with Gasteiger partial charge in [-0.3, -0.25) is 14.6 Å². The van der Waals surface area contributed by atoms with Crippen molar-refractivity contribution < 1.29 is 14.3 Å². The fourth-order valence-corrected chi connectivity index (χ4v) is 3.52. The van der Waals surface area contributed by atoms with Gasteiger partial charge in [0.15, 0.2) is 0 Å². The molecular weight excluding hydrogens is 344 g/mol. The Morgan fingerprint density at radius 1 is 0.963 bits per heavy atom. The number of hydrogen-bond acceptors (Lipinski definition) is 5. The number of carbonyl (C=O) groups is 2. The summed E-state index contributed by atoms with van der Waals surface area (Å²) in [5, 5.41) is 2.72. The molecule has 2 aliphatic rings. The molecule has 27 heavy (non-hydrogen) atoms. The zero-order chi connectivity index (χ0) is 19.3. The van der Waals surface area contributed by atoms with Crippen LogP contribution in [0.25, 0.3) is 0 Å². The maximum Gasteiger partial charge on any atom is 0.325 e. The third kappa shape index (κ3) is 5.20. The highest BCUT2D eigenvalue weighted by Gasteiger charge is 2.43. The van der Waals surface area contributed by atoms with E-state index in [1.165, 1.54) is 4.90 Å². The minimum absolute atomic E-state index is 0.129. The maximum atomic E-state index is 12.2. The van der Waals surface area contributed by atoms with E-state index in [0.29, 0.717) is 13.2 Å². The summed E-state index contributed by atoms with van der Waals surface area (Å²) in [5.74, 6) is 0.788. The first-order valence-corrected chi connectivity index (χ1v) is 9.72. The Bertz CT molecular complexity index is 642. The molecule has 0 atom stereocenters. The van der Waals surface area contributed by atoms with Gasteiger partial charge >= 0.3 is 6.03 Å². The second-order valence-electron chi connectivity index (χ2n) is 7.71. The predicted molar refractivity (Wildman–Crippen MR) is 104 cm³/mol. The molecule has 0 unspecified atom stereocenters. The SMILES string of the molecule is CC1(C)NC(=O)N(CCCN2CCN(CCOc3ccccc3)CC2)C1=O. The van der Waals surface area contributed by atoms with Gasteiger partial charge < -0.3 is 15.0 Å². The number of ether oxygens (including phenoxy) is 1. The number of hydrogen-bond donors (Lipinski definition) is 1. The molecular formula is C20H30N4O3. The van der Waals surface area contributed by atoms with Gasteiger partial charge in [0.1, 0.15) is 17.9 Å². The summed E-state index contributed by atoms with van der Waals surface area (Å²) in [7, 11) is 0. The third-order valence-electron chi connectivity index (χ3n) is 5.18. The Morgan fingerprint density at radius 3 is 2.19 bits per heavy atom. The summed E-state index contributed by atoms with van der Waals surface area (Å²) in [4.78, 5) is 30.2. The van der Waals surface area contributed by atoms with Crippen molar-refractivity contribution in [3.05, 3.63) is 30.3 Å². The number of carbonyl (C=O) groups excluding carboxylic acids is 2. The van der Waals surface area contributed by atoms with Crippen LogP contribution in [0, 0.1) is 0 Å². The molecule has 0 aliphatic carbocycles. The first kappa shape index (κ1) is 19.6. The second-order valence-corrected chi connectivity index (χ2v) is 7.71. The lowest BCUT2D eigenvalue weighted by atomic mass is 10.1. The highest BCUT2D eigenvalue weighted by molar-refractivity contribution is 6.06. The highest BCUT2D eigenvalue weighted by Crippen LogP contribution is 2.17. The number of piperazine rings is 1. The lowest BCUT2D eigenvalue weighted by molar-refractivity contribution is -0.130. The van der Waals surface area contributed by atoms with Crippen LogP contribution in [0.4, 0.5) is 4.79 Å². The van der Waals surface area contributed by atoms with Crippen LogP contribution in [0.3, 0.4) is 0 Å². The van der Waals surface area contributed by atoms with Gasteiger partial charge in [0.05, 0.1) is 0 Å². The second kappa shape index (κ2) is 8.71. The highest BCUT2D eigenvalue weighted by atomic mass is 16.5. The fraction of sp³-hybridized carbons (Fsp3) is 0.600. The van der Waals surface area contributed by atoms with Crippen molar-refractivity contribution in [2.45, 2.75) is 25.8 Å². The monoisotopic (exact) mass is 374 g/mol. The third-order valence-corrected chi connectivity index (χ3v) is 5.18. The van der Waals surface area contributed by atoms with E-state index in [-0.39, 0.29) is 11.9 Å². The van der Waals surface area contributed by atoms with E-state index < -0.39 is 5.54 Å². The normalized spacial score (nSPS) is 20.7. The van der Waals surface area contributed by atoms with Crippen LogP contribution in [0.2, 0.25) is 0 Å². The molecule has 2 fully saturated rings. The largest absolute Gasteiger partial charge is 0.492 e. The van der Waals surface area contributed by atoms with Gasteiger partial charge in [-0.1, -0.05) is 18.2 Å². The number of para-hydroxylation sites is 1. The van der Waals surface area contributed by atoms with Gasteiger partial charge in [0.2, 0.25) is 0 Å². The van der Waals surface area contributed by atoms with Gasteiger partial charge in [-0.25, -0.2) is 4.79 Å². The Balaban J connectivity index is 1.30. The minimum Gasteiger partial charge on any atom is -0.492 e. The molecule has 2 saturated heterocycles. The first-order chi connectivity index (χ1) is 13.0. The zero-order valence-corrected chi connectivity index (χ0v) is 16.3. The molecule has 1 N–H and O–H groups in total. The van der Waals surface area contributed by atoms with Crippen LogP contribution < -0.4 is 10.1 Å².